The van der Waals surface area contributed by atoms with E-state index in [0.29, 0.717) is 11.6 Å². The smallest absolute Gasteiger partial charge is 0.0967 e. The third-order valence-electron chi connectivity index (χ3n) is 5.40. The number of rotatable bonds is 3. The Labute approximate surface area is 120 Å². The van der Waals surface area contributed by atoms with Gasteiger partial charge in [0.25, 0.3) is 0 Å². The second kappa shape index (κ2) is 4.81. The van der Waals surface area contributed by atoms with Gasteiger partial charge in [0, 0.05) is 44.5 Å². The van der Waals surface area contributed by atoms with E-state index in [4.69, 9.17) is 0 Å². The van der Waals surface area contributed by atoms with Crippen molar-refractivity contribution in [3.05, 3.63) is 11.9 Å². The largest absolute Gasteiger partial charge is 0.308 e. The van der Waals surface area contributed by atoms with Gasteiger partial charge in [-0.05, 0) is 31.6 Å². The fourth-order valence-corrected chi connectivity index (χ4v) is 4.19. The molecule has 2 aliphatic carbocycles. The fraction of sp³-hybridized carbons (Fsp3) is 0.867. The molecule has 4 rings (SSSR count). The van der Waals surface area contributed by atoms with E-state index >= 15 is 0 Å². The van der Waals surface area contributed by atoms with Crippen LogP contribution in [0.3, 0.4) is 0 Å². The van der Waals surface area contributed by atoms with Crippen LogP contribution in [0.2, 0.25) is 0 Å². The van der Waals surface area contributed by atoms with Gasteiger partial charge in [-0.25, -0.2) is 0 Å². The van der Waals surface area contributed by atoms with Gasteiger partial charge in [-0.3, -0.25) is 9.58 Å². The summed E-state index contributed by atoms with van der Waals surface area (Å²) >= 11 is 0. The Morgan fingerprint density at radius 1 is 1.35 bits per heavy atom. The van der Waals surface area contributed by atoms with E-state index in [9.17, 15) is 0 Å². The molecule has 0 amide bonds. The molecule has 1 N–H and O–H groups in total. The molecular weight excluding hydrogens is 250 g/mol. The van der Waals surface area contributed by atoms with Crippen molar-refractivity contribution in [3.8, 4) is 0 Å². The number of nitrogens with zero attached hydrogens (tertiary/aromatic N) is 4. The minimum absolute atomic E-state index is 0.396. The molecule has 5 nitrogen and oxygen atoms in total. The summed E-state index contributed by atoms with van der Waals surface area (Å²) in [6, 6.07) is 0.711. The lowest BCUT2D eigenvalue weighted by atomic mass is 9.91. The highest BCUT2D eigenvalue weighted by Crippen LogP contribution is 2.40. The number of nitrogens with one attached hydrogen (secondary N) is 1. The number of hydrogen-bond acceptors (Lipinski definition) is 4. The molecule has 5 heteroatoms. The summed E-state index contributed by atoms with van der Waals surface area (Å²) in [5, 5.41) is 12.3. The van der Waals surface area contributed by atoms with Crippen molar-refractivity contribution in [2.75, 3.05) is 13.1 Å². The standard InChI is InChI=1S/C15H25N5/c1-19-9-13(17-18-19)10-20-11-15(6-2-3-7-15)16-8-14(20)12-4-5-12/h9,12,14,16H,2-8,10-11H2,1H3. The minimum atomic E-state index is 0.396. The summed E-state index contributed by atoms with van der Waals surface area (Å²) in [6.07, 6.45) is 10.4. The van der Waals surface area contributed by atoms with Crippen LogP contribution in [0.25, 0.3) is 0 Å². The summed E-state index contributed by atoms with van der Waals surface area (Å²) in [4.78, 5) is 2.70. The maximum absolute atomic E-state index is 4.29. The molecule has 0 bridgehead atoms. The average molecular weight is 275 g/mol. The van der Waals surface area contributed by atoms with E-state index in [2.05, 4.69) is 26.7 Å². The van der Waals surface area contributed by atoms with Crippen LogP contribution in [0.4, 0.5) is 0 Å². The Hall–Kier alpha value is -0.940. The molecule has 2 heterocycles. The van der Waals surface area contributed by atoms with Gasteiger partial charge in [0.1, 0.15) is 0 Å². The normalized spacial score (nSPS) is 30.1. The van der Waals surface area contributed by atoms with Gasteiger partial charge in [-0.2, -0.15) is 0 Å². The first kappa shape index (κ1) is 12.8. The molecular formula is C15H25N5. The molecule has 1 unspecified atom stereocenters. The van der Waals surface area contributed by atoms with Gasteiger partial charge in [0.2, 0.25) is 0 Å². The lowest BCUT2D eigenvalue weighted by molar-refractivity contribution is 0.0617. The zero-order chi connectivity index (χ0) is 13.6. The lowest BCUT2D eigenvalue weighted by Crippen LogP contribution is -2.63. The van der Waals surface area contributed by atoms with E-state index in [-0.39, 0.29) is 0 Å². The van der Waals surface area contributed by atoms with Crippen LogP contribution < -0.4 is 5.32 Å². The molecule has 0 aromatic carbocycles. The Bertz CT molecular complexity index is 472. The highest BCUT2D eigenvalue weighted by molar-refractivity contribution is 5.06. The van der Waals surface area contributed by atoms with Crippen LogP contribution in [0.5, 0.6) is 0 Å². The maximum Gasteiger partial charge on any atom is 0.0967 e. The first-order valence-corrected chi connectivity index (χ1v) is 8.08. The third kappa shape index (κ3) is 2.37. The number of hydrogen-bond donors (Lipinski definition) is 1. The quantitative estimate of drug-likeness (QED) is 0.903. The second-order valence-electron chi connectivity index (χ2n) is 7.06. The summed E-state index contributed by atoms with van der Waals surface area (Å²) in [6.45, 7) is 3.34. The summed E-state index contributed by atoms with van der Waals surface area (Å²) in [5.74, 6) is 0.915. The monoisotopic (exact) mass is 275 g/mol. The van der Waals surface area contributed by atoms with Crippen molar-refractivity contribution in [1.29, 1.82) is 0 Å². The van der Waals surface area contributed by atoms with Crippen molar-refractivity contribution >= 4 is 0 Å². The molecule has 1 aromatic rings. The first-order valence-electron chi connectivity index (χ1n) is 8.08. The van der Waals surface area contributed by atoms with E-state index in [1.807, 2.05) is 11.7 Å². The van der Waals surface area contributed by atoms with Crippen LogP contribution in [-0.2, 0) is 13.6 Å². The van der Waals surface area contributed by atoms with E-state index in [1.165, 1.54) is 51.6 Å². The predicted octanol–water partition coefficient (Wildman–Crippen LogP) is 1.31. The summed E-state index contributed by atoms with van der Waals surface area (Å²) < 4.78 is 1.81. The van der Waals surface area contributed by atoms with Crippen molar-refractivity contribution in [1.82, 2.24) is 25.2 Å². The number of aromatic nitrogens is 3. The zero-order valence-electron chi connectivity index (χ0n) is 12.4. The van der Waals surface area contributed by atoms with Crippen LogP contribution in [0.15, 0.2) is 6.20 Å². The van der Waals surface area contributed by atoms with Gasteiger partial charge < -0.3 is 5.32 Å². The van der Waals surface area contributed by atoms with Crippen molar-refractivity contribution in [2.45, 2.75) is 56.7 Å². The lowest BCUT2D eigenvalue weighted by Gasteiger charge is -2.46. The molecule has 3 fully saturated rings. The van der Waals surface area contributed by atoms with Gasteiger partial charge in [0.15, 0.2) is 0 Å². The summed E-state index contributed by atoms with van der Waals surface area (Å²) in [5.41, 5.74) is 1.52. The second-order valence-corrected chi connectivity index (χ2v) is 7.06. The number of aryl methyl sites for hydroxylation is 1. The molecule has 1 aliphatic heterocycles. The summed E-state index contributed by atoms with van der Waals surface area (Å²) in [7, 11) is 1.95. The van der Waals surface area contributed by atoms with Crippen LogP contribution in [-0.4, -0.2) is 44.6 Å². The molecule has 1 atom stereocenters. The van der Waals surface area contributed by atoms with Gasteiger partial charge in [-0.15, -0.1) is 5.10 Å². The maximum atomic E-state index is 4.29. The predicted molar refractivity (Wildman–Crippen MR) is 77.1 cm³/mol. The van der Waals surface area contributed by atoms with Crippen molar-refractivity contribution in [3.63, 3.8) is 0 Å². The van der Waals surface area contributed by atoms with E-state index < -0.39 is 0 Å². The fourth-order valence-electron chi connectivity index (χ4n) is 4.19. The third-order valence-corrected chi connectivity index (χ3v) is 5.40. The molecule has 1 saturated heterocycles. The average Bonchev–Trinajstić information content (AvgIpc) is 3.05. The van der Waals surface area contributed by atoms with Gasteiger partial charge in [0.05, 0.1) is 5.69 Å². The first-order chi connectivity index (χ1) is 9.74. The van der Waals surface area contributed by atoms with Crippen LogP contribution >= 0.6 is 0 Å². The molecule has 2 saturated carbocycles. The molecule has 1 aromatic heterocycles. The minimum Gasteiger partial charge on any atom is -0.308 e. The zero-order valence-corrected chi connectivity index (χ0v) is 12.4. The molecule has 0 radical (unpaired) electrons. The SMILES string of the molecule is Cn1cc(CN2CC3(CCCC3)NCC2C2CC2)nn1. The highest BCUT2D eigenvalue weighted by Gasteiger charge is 2.45. The van der Waals surface area contributed by atoms with E-state index in [0.717, 1.165) is 18.2 Å². The molecule has 3 aliphatic rings. The topological polar surface area (TPSA) is 46.0 Å². The van der Waals surface area contributed by atoms with Crippen molar-refractivity contribution in [2.24, 2.45) is 13.0 Å². The van der Waals surface area contributed by atoms with Crippen LogP contribution in [0, 0.1) is 5.92 Å². The highest BCUT2D eigenvalue weighted by atomic mass is 15.4. The Balaban J connectivity index is 1.51. The molecule has 110 valence electrons. The van der Waals surface area contributed by atoms with Crippen molar-refractivity contribution < 1.29 is 0 Å². The van der Waals surface area contributed by atoms with Gasteiger partial charge in [-0.1, -0.05) is 18.1 Å². The van der Waals surface area contributed by atoms with Crippen LogP contribution in [0.1, 0.15) is 44.2 Å². The van der Waals surface area contributed by atoms with E-state index in [1.54, 1.807) is 0 Å². The molecule has 20 heavy (non-hydrogen) atoms. The Morgan fingerprint density at radius 3 is 2.80 bits per heavy atom. The van der Waals surface area contributed by atoms with Gasteiger partial charge >= 0.3 is 0 Å². The number of piperazine rings is 1. The Kier molecular flexibility index (Phi) is 3.07. The molecule has 1 spiro atoms. The Morgan fingerprint density at radius 2 is 2.15 bits per heavy atom.